The molecule has 0 saturated carbocycles. The van der Waals surface area contributed by atoms with Gasteiger partial charge in [0.1, 0.15) is 5.82 Å². The van der Waals surface area contributed by atoms with Crippen molar-refractivity contribution in [1.29, 1.82) is 0 Å². The highest BCUT2D eigenvalue weighted by Gasteiger charge is 2.46. The Morgan fingerprint density at radius 2 is 1.69 bits per heavy atom. The molecular weight excluding hydrogens is 435 g/mol. The van der Waals surface area contributed by atoms with Crippen LogP contribution in [0.4, 0.5) is 10.1 Å². The van der Waals surface area contributed by atoms with Gasteiger partial charge < -0.3 is 4.90 Å². The number of hydrogen-bond donors (Lipinski definition) is 0. The van der Waals surface area contributed by atoms with Crippen molar-refractivity contribution in [3.05, 3.63) is 113 Å². The van der Waals surface area contributed by atoms with E-state index in [2.05, 4.69) is 47.4 Å². The lowest BCUT2D eigenvalue weighted by molar-refractivity contribution is 0.0975. The number of amides is 1. The average Bonchev–Trinajstić information content (AvgIpc) is 3.18. The molecule has 1 saturated heterocycles. The van der Waals surface area contributed by atoms with E-state index < -0.39 is 0 Å². The fraction of sp³-hybridized carbons (Fsp3) is 0.258. The molecule has 0 aromatic heterocycles. The van der Waals surface area contributed by atoms with Crippen LogP contribution >= 0.6 is 0 Å². The van der Waals surface area contributed by atoms with E-state index in [1.165, 1.54) is 22.4 Å². The average molecular weight is 465 g/mol. The molecule has 0 unspecified atom stereocenters. The summed E-state index contributed by atoms with van der Waals surface area (Å²) in [6, 6.07) is 27.8. The Kier molecular flexibility index (Phi) is 5.42. The maximum Gasteiger partial charge on any atom is 0.258 e. The van der Waals surface area contributed by atoms with E-state index in [1.54, 1.807) is 12.1 Å². The van der Waals surface area contributed by atoms with Crippen LogP contribution in [0.15, 0.2) is 84.9 Å². The van der Waals surface area contributed by atoms with Gasteiger partial charge in [-0.05, 0) is 91.2 Å². The van der Waals surface area contributed by atoms with E-state index in [4.69, 9.17) is 0 Å². The van der Waals surface area contributed by atoms with Gasteiger partial charge in [0.2, 0.25) is 0 Å². The lowest BCUT2D eigenvalue weighted by atomic mass is 9.74. The smallest absolute Gasteiger partial charge is 0.258 e. The fourth-order valence-electron chi connectivity index (χ4n) is 5.92. The van der Waals surface area contributed by atoms with E-state index in [1.807, 2.05) is 36.1 Å². The largest absolute Gasteiger partial charge is 0.307 e. The number of aryl methyl sites for hydroxylation is 1. The molecule has 6 rings (SSSR count). The van der Waals surface area contributed by atoms with Crippen molar-refractivity contribution < 1.29 is 9.18 Å². The molecule has 2 aliphatic heterocycles. The van der Waals surface area contributed by atoms with Crippen LogP contribution in [-0.2, 0) is 12.0 Å². The van der Waals surface area contributed by atoms with Crippen LogP contribution in [0.3, 0.4) is 0 Å². The highest BCUT2D eigenvalue weighted by Crippen LogP contribution is 2.48. The molecule has 1 spiro atoms. The Morgan fingerprint density at radius 1 is 0.886 bits per heavy atom. The van der Waals surface area contributed by atoms with Gasteiger partial charge >= 0.3 is 0 Å². The predicted octanol–water partition coefficient (Wildman–Crippen LogP) is 6.48. The topological polar surface area (TPSA) is 23.6 Å². The van der Waals surface area contributed by atoms with Gasteiger partial charge in [-0.15, -0.1) is 0 Å². The number of benzene rings is 4. The second-order valence-corrected chi connectivity index (χ2v) is 10.2. The zero-order chi connectivity index (χ0) is 24.0. The third-order valence-electron chi connectivity index (χ3n) is 7.82. The van der Waals surface area contributed by atoms with Crippen LogP contribution in [0.1, 0.15) is 39.9 Å². The standard InChI is InChI=1S/C31H29FN2O/c1-22-5-4-8-26(17-22)30(35)34-21-31(28-19-27(32)11-12-29(28)34)13-15-33(16-14-31)20-23-9-10-24-6-2-3-7-25(24)18-23/h2-12,17-19H,13-16,20-21H2,1H3. The zero-order valence-electron chi connectivity index (χ0n) is 20.0. The molecular formula is C31H29FN2O. The molecule has 1 amide bonds. The molecule has 2 heterocycles. The summed E-state index contributed by atoms with van der Waals surface area (Å²) in [5.74, 6) is -0.233. The summed E-state index contributed by atoms with van der Waals surface area (Å²) in [5.41, 5.74) is 4.72. The Labute approximate surface area is 205 Å². The number of nitrogens with zero attached hydrogens (tertiary/aromatic N) is 2. The monoisotopic (exact) mass is 464 g/mol. The summed E-state index contributed by atoms with van der Waals surface area (Å²) in [5, 5.41) is 2.53. The Balaban J connectivity index is 1.23. The normalized spacial score (nSPS) is 17.1. The molecule has 0 N–H and O–H groups in total. The number of hydrogen-bond acceptors (Lipinski definition) is 2. The summed E-state index contributed by atoms with van der Waals surface area (Å²) in [7, 11) is 0. The van der Waals surface area contributed by atoms with Crippen LogP contribution in [0.25, 0.3) is 10.8 Å². The molecule has 2 aliphatic rings. The maximum atomic E-state index is 14.4. The van der Waals surface area contributed by atoms with E-state index in [0.717, 1.165) is 49.3 Å². The minimum Gasteiger partial charge on any atom is -0.307 e. The SMILES string of the molecule is Cc1cccc(C(=O)N2CC3(CCN(Cc4ccc5ccccc5c4)CC3)c3cc(F)ccc32)c1. The molecule has 176 valence electrons. The van der Waals surface area contributed by atoms with Gasteiger partial charge in [0.25, 0.3) is 5.91 Å². The number of carbonyl (C=O) groups is 1. The molecule has 4 aromatic carbocycles. The van der Waals surface area contributed by atoms with Gasteiger partial charge in [-0.1, -0.05) is 54.1 Å². The van der Waals surface area contributed by atoms with Crippen molar-refractivity contribution >= 4 is 22.4 Å². The minimum atomic E-state index is -0.230. The van der Waals surface area contributed by atoms with Crippen molar-refractivity contribution in [2.75, 3.05) is 24.5 Å². The molecule has 0 radical (unpaired) electrons. The van der Waals surface area contributed by atoms with Crippen molar-refractivity contribution in [2.45, 2.75) is 31.7 Å². The maximum absolute atomic E-state index is 14.4. The molecule has 35 heavy (non-hydrogen) atoms. The number of rotatable bonds is 3. The first-order valence-corrected chi connectivity index (χ1v) is 12.4. The Bertz CT molecular complexity index is 1420. The van der Waals surface area contributed by atoms with Gasteiger partial charge in [-0.3, -0.25) is 9.69 Å². The first-order valence-electron chi connectivity index (χ1n) is 12.4. The predicted molar refractivity (Wildman–Crippen MR) is 139 cm³/mol. The number of carbonyl (C=O) groups excluding carboxylic acids is 1. The second-order valence-electron chi connectivity index (χ2n) is 10.2. The van der Waals surface area contributed by atoms with E-state index in [0.29, 0.717) is 12.1 Å². The Morgan fingerprint density at radius 3 is 2.49 bits per heavy atom. The minimum absolute atomic E-state index is 0.00275. The van der Waals surface area contributed by atoms with Gasteiger partial charge in [0, 0.05) is 29.8 Å². The first-order chi connectivity index (χ1) is 17.0. The highest BCUT2D eigenvalue weighted by atomic mass is 19.1. The highest BCUT2D eigenvalue weighted by molar-refractivity contribution is 6.07. The number of fused-ring (bicyclic) bond motifs is 3. The van der Waals surface area contributed by atoms with Gasteiger partial charge in [0.05, 0.1) is 0 Å². The van der Waals surface area contributed by atoms with Crippen LogP contribution in [0.2, 0.25) is 0 Å². The second kappa shape index (κ2) is 8.62. The quantitative estimate of drug-likeness (QED) is 0.346. The number of piperidine rings is 1. The summed E-state index contributed by atoms with van der Waals surface area (Å²) in [6.07, 6.45) is 1.82. The third kappa shape index (κ3) is 4.02. The summed E-state index contributed by atoms with van der Waals surface area (Å²) in [4.78, 5) is 17.9. The van der Waals surface area contributed by atoms with Crippen molar-refractivity contribution in [3.63, 3.8) is 0 Å². The molecule has 3 nitrogen and oxygen atoms in total. The van der Waals surface area contributed by atoms with E-state index >= 15 is 0 Å². The fourth-order valence-corrected chi connectivity index (χ4v) is 5.92. The van der Waals surface area contributed by atoms with Crippen LogP contribution in [0.5, 0.6) is 0 Å². The summed E-state index contributed by atoms with van der Waals surface area (Å²) < 4.78 is 14.4. The van der Waals surface area contributed by atoms with Gasteiger partial charge in [0.15, 0.2) is 0 Å². The van der Waals surface area contributed by atoms with Gasteiger partial charge in [-0.2, -0.15) is 0 Å². The molecule has 0 bridgehead atoms. The molecule has 0 aliphatic carbocycles. The summed E-state index contributed by atoms with van der Waals surface area (Å²) in [6.45, 7) is 5.37. The number of anilines is 1. The molecule has 4 aromatic rings. The first kappa shape index (κ1) is 22.0. The Hall–Kier alpha value is -3.50. The number of halogens is 1. The molecule has 1 fully saturated rings. The lowest BCUT2D eigenvalue weighted by Crippen LogP contribution is -2.45. The lowest BCUT2D eigenvalue weighted by Gasteiger charge is -2.40. The van der Waals surface area contributed by atoms with Crippen LogP contribution < -0.4 is 4.90 Å². The van der Waals surface area contributed by atoms with Crippen molar-refractivity contribution in [3.8, 4) is 0 Å². The van der Waals surface area contributed by atoms with Crippen molar-refractivity contribution in [2.24, 2.45) is 0 Å². The zero-order valence-corrected chi connectivity index (χ0v) is 20.0. The van der Waals surface area contributed by atoms with Crippen LogP contribution in [-0.4, -0.2) is 30.4 Å². The van der Waals surface area contributed by atoms with Gasteiger partial charge in [-0.25, -0.2) is 4.39 Å². The van der Waals surface area contributed by atoms with E-state index in [-0.39, 0.29) is 17.1 Å². The van der Waals surface area contributed by atoms with E-state index in [9.17, 15) is 9.18 Å². The molecule has 4 heteroatoms. The third-order valence-corrected chi connectivity index (χ3v) is 7.82. The molecule has 0 atom stereocenters. The van der Waals surface area contributed by atoms with Crippen molar-refractivity contribution in [1.82, 2.24) is 4.90 Å². The number of likely N-dealkylation sites (tertiary alicyclic amines) is 1. The van der Waals surface area contributed by atoms with Crippen LogP contribution in [0, 0.1) is 12.7 Å². The summed E-state index contributed by atoms with van der Waals surface area (Å²) >= 11 is 0.